The summed E-state index contributed by atoms with van der Waals surface area (Å²) in [6.45, 7) is 3.86. The smallest absolute Gasteiger partial charge is 0.300 e. The highest BCUT2D eigenvalue weighted by Crippen LogP contribution is 2.44. The Morgan fingerprint density at radius 1 is 1.12 bits per heavy atom. The van der Waals surface area contributed by atoms with Crippen LogP contribution in [0.1, 0.15) is 35.2 Å². The van der Waals surface area contributed by atoms with Crippen molar-refractivity contribution in [3.63, 3.8) is 0 Å². The molecule has 0 aliphatic carbocycles. The van der Waals surface area contributed by atoms with Crippen LogP contribution in [-0.4, -0.2) is 28.9 Å². The van der Waals surface area contributed by atoms with Crippen LogP contribution in [0.2, 0.25) is 5.02 Å². The third-order valence-corrected chi connectivity index (χ3v) is 6.02. The van der Waals surface area contributed by atoms with Gasteiger partial charge in [-0.25, -0.2) is 0 Å². The van der Waals surface area contributed by atoms with Crippen molar-refractivity contribution in [2.45, 2.75) is 26.3 Å². The molecule has 0 saturated carbocycles. The maximum atomic E-state index is 13.3. The third kappa shape index (κ3) is 3.98. The van der Waals surface area contributed by atoms with Crippen LogP contribution >= 0.6 is 11.6 Å². The number of carbonyl (C=O) groups is 2. The molecule has 1 aromatic heterocycles. The fourth-order valence-electron chi connectivity index (χ4n) is 4.11. The average Bonchev–Trinajstić information content (AvgIpc) is 3.09. The van der Waals surface area contributed by atoms with E-state index < -0.39 is 17.7 Å². The Bertz CT molecular complexity index is 1250. The van der Waals surface area contributed by atoms with Crippen molar-refractivity contribution in [3.8, 4) is 5.75 Å². The minimum atomic E-state index is -0.843. The van der Waals surface area contributed by atoms with E-state index in [-0.39, 0.29) is 22.6 Å². The first-order chi connectivity index (χ1) is 15.9. The van der Waals surface area contributed by atoms with E-state index in [9.17, 15) is 14.7 Å². The van der Waals surface area contributed by atoms with Gasteiger partial charge in [-0.05, 0) is 66.4 Å². The SMILES string of the molecule is CCc1ccc(N2C(=O)C(=O)/C(=C(/O)c3cc(C)cc(Cl)c3OC)C2c2ccncc2)cc1. The number of rotatable bonds is 5. The quantitative estimate of drug-likeness (QED) is 0.318. The van der Waals surface area contributed by atoms with Crippen molar-refractivity contribution in [3.05, 3.63) is 93.8 Å². The van der Waals surface area contributed by atoms with Crippen molar-refractivity contribution in [2.24, 2.45) is 0 Å². The topological polar surface area (TPSA) is 79.7 Å². The fourth-order valence-corrected chi connectivity index (χ4v) is 4.46. The van der Waals surface area contributed by atoms with Crippen LogP contribution in [0.15, 0.2) is 66.5 Å². The summed E-state index contributed by atoms with van der Waals surface area (Å²) in [5, 5.41) is 11.7. The molecule has 1 amide bonds. The number of aromatic nitrogens is 1. The van der Waals surface area contributed by atoms with E-state index in [4.69, 9.17) is 16.3 Å². The number of methoxy groups -OCH3 is 1. The second-order valence-corrected chi connectivity index (χ2v) is 8.20. The second-order valence-electron chi connectivity index (χ2n) is 7.80. The predicted molar refractivity (Wildman–Crippen MR) is 128 cm³/mol. The molecular formula is C26H23ClN2O4. The van der Waals surface area contributed by atoms with Gasteiger partial charge in [-0.2, -0.15) is 0 Å². The number of aliphatic hydroxyl groups excluding tert-OH is 1. The first kappa shape index (κ1) is 22.6. The molecule has 168 valence electrons. The lowest BCUT2D eigenvalue weighted by Crippen LogP contribution is -2.29. The van der Waals surface area contributed by atoms with E-state index >= 15 is 0 Å². The van der Waals surface area contributed by atoms with Gasteiger partial charge in [0.05, 0.1) is 29.3 Å². The van der Waals surface area contributed by atoms with Gasteiger partial charge in [-0.3, -0.25) is 19.5 Å². The number of hydrogen-bond acceptors (Lipinski definition) is 5. The highest BCUT2D eigenvalue weighted by atomic mass is 35.5. The summed E-state index contributed by atoms with van der Waals surface area (Å²) in [5.41, 5.74) is 3.29. The Morgan fingerprint density at radius 2 is 1.79 bits per heavy atom. The number of nitrogens with zero attached hydrogens (tertiary/aromatic N) is 2. The monoisotopic (exact) mass is 462 g/mol. The maximum absolute atomic E-state index is 13.3. The normalized spacial score (nSPS) is 17.5. The molecule has 1 N–H and O–H groups in total. The van der Waals surface area contributed by atoms with Crippen LogP contribution in [0.4, 0.5) is 5.69 Å². The number of halogens is 1. The first-order valence-electron chi connectivity index (χ1n) is 10.5. The standard InChI is InChI=1S/C26H23ClN2O4/c1-4-16-5-7-18(8-6-16)29-22(17-9-11-28-12-10-17)21(24(31)26(29)32)23(30)19-13-15(2)14-20(27)25(19)33-3/h5-14,22,30H,4H2,1-3H3/b23-21+. The Kier molecular flexibility index (Phi) is 6.20. The summed E-state index contributed by atoms with van der Waals surface area (Å²) >= 11 is 6.33. The summed E-state index contributed by atoms with van der Waals surface area (Å²) < 4.78 is 5.41. The van der Waals surface area contributed by atoms with Gasteiger partial charge >= 0.3 is 0 Å². The van der Waals surface area contributed by atoms with Gasteiger partial charge in [0.2, 0.25) is 0 Å². The molecule has 1 fully saturated rings. The predicted octanol–water partition coefficient (Wildman–Crippen LogP) is 5.24. The van der Waals surface area contributed by atoms with Crippen LogP contribution in [0.25, 0.3) is 5.76 Å². The van der Waals surface area contributed by atoms with Gasteiger partial charge in [0.25, 0.3) is 11.7 Å². The molecular weight excluding hydrogens is 440 g/mol. The lowest BCUT2D eigenvalue weighted by atomic mass is 9.95. The minimum Gasteiger partial charge on any atom is -0.507 e. The lowest BCUT2D eigenvalue weighted by Gasteiger charge is -2.25. The number of benzene rings is 2. The average molecular weight is 463 g/mol. The zero-order valence-electron chi connectivity index (χ0n) is 18.5. The number of aliphatic hydroxyl groups is 1. The number of hydrogen-bond donors (Lipinski definition) is 1. The largest absolute Gasteiger partial charge is 0.507 e. The molecule has 1 aliphatic rings. The van der Waals surface area contributed by atoms with Crippen LogP contribution in [0, 0.1) is 6.92 Å². The molecule has 0 bridgehead atoms. The highest BCUT2D eigenvalue weighted by molar-refractivity contribution is 6.51. The van der Waals surface area contributed by atoms with Gasteiger partial charge in [-0.15, -0.1) is 0 Å². The zero-order valence-corrected chi connectivity index (χ0v) is 19.3. The Labute approximate surface area is 197 Å². The summed E-state index contributed by atoms with van der Waals surface area (Å²) in [5.74, 6) is -1.62. The van der Waals surface area contributed by atoms with E-state index in [1.165, 1.54) is 12.0 Å². The van der Waals surface area contributed by atoms with Crippen molar-refractivity contribution in [1.82, 2.24) is 4.98 Å². The molecule has 1 saturated heterocycles. The number of Topliss-reactive ketones (excluding diaryl/α,β-unsaturated/α-hetero) is 1. The number of ether oxygens (including phenoxy) is 1. The number of ketones is 1. The van der Waals surface area contributed by atoms with Crippen LogP contribution in [-0.2, 0) is 16.0 Å². The summed E-state index contributed by atoms with van der Waals surface area (Å²) in [6.07, 6.45) is 4.01. The molecule has 2 heterocycles. The molecule has 3 aromatic rings. The van der Waals surface area contributed by atoms with Crippen LogP contribution in [0.3, 0.4) is 0 Å². The zero-order chi connectivity index (χ0) is 23.7. The lowest BCUT2D eigenvalue weighted by molar-refractivity contribution is -0.132. The number of anilines is 1. The molecule has 0 radical (unpaired) electrons. The molecule has 2 aromatic carbocycles. The number of aryl methyl sites for hydroxylation is 2. The van der Waals surface area contributed by atoms with Crippen LogP contribution in [0.5, 0.6) is 5.75 Å². The van der Waals surface area contributed by atoms with E-state index in [0.29, 0.717) is 16.3 Å². The van der Waals surface area contributed by atoms with E-state index in [1.54, 1.807) is 36.7 Å². The molecule has 0 spiro atoms. The number of pyridine rings is 1. The Morgan fingerprint density at radius 3 is 2.39 bits per heavy atom. The van der Waals surface area contributed by atoms with E-state index in [2.05, 4.69) is 4.98 Å². The minimum absolute atomic E-state index is 0.0364. The maximum Gasteiger partial charge on any atom is 0.300 e. The third-order valence-electron chi connectivity index (χ3n) is 5.74. The Hall–Kier alpha value is -3.64. The summed E-state index contributed by atoms with van der Waals surface area (Å²) in [4.78, 5) is 32.0. The molecule has 7 heteroatoms. The first-order valence-corrected chi connectivity index (χ1v) is 10.9. The van der Waals surface area contributed by atoms with Crippen molar-refractivity contribution in [1.29, 1.82) is 0 Å². The Balaban J connectivity index is 1.97. The highest BCUT2D eigenvalue weighted by Gasteiger charge is 2.47. The molecule has 4 rings (SSSR count). The number of amides is 1. The van der Waals surface area contributed by atoms with Gasteiger partial charge in [-0.1, -0.05) is 30.7 Å². The molecule has 1 atom stereocenters. The number of carbonyl (C=O) groups excluding carboxylic acids is 2. The van der Waals surface area contributed by atoms with Crippen molar-refractivity contribution >= 4 is 34.7 Å². The molecule has 33 heavy (non-hydrogen) atoms. The van der Waals surface area contributed by atoms with Gasteiger partial charge in [0.1, 0.15) is 11.5 Å². The van der Waals surface area contributed by atoms with Gasteiger partial charge in [0.15, 0.2) is 0 Å². The van der Waals surface area contributed by atoms with Gasteiger partial charge in [0, 0.05) is 18.1 Å². The molecule has 1 unspecified atom stereocenters. The molecule has 1 aliphatic heterocycles. The summed E-state index contributed by atoms with van der Waals surface area (Å²) in [6, 6.07) is 13.4. The van der Waals surface area contributed by atoms with Gasteiger partial charge < -0.3 is 9.84 Å². The summed E-state index contributed by atoms with van der Waals surface area (Å²) in [7, 11) is 1.43. The fraction of sp³-hybridized carbons (Fsp3) is 0.192. The van der Waals surface area contributed by atoms with E-state index in [0.717, 1.165) is 17.5 Å². The second kappa shape index (κ2) is 9.08. The van der Waals surface area contributed by atoms with Crippen LogP contribution < -0.4 is 9.64 Å². The van der Waals surface area contributed by atoms with Crippen molar-refractivity contribution in [2.75, 3.05) is 12.0 Å². The van der Waals surface area contributed by atoms with E-state index in [1.807, 2.05) is 38.1 Å². The van der Waals surface area contributed by atoms with Crippen molar-refractivity contribution < 1.29 is 19.4 Å². The molecule has 6 nitrogen and oxygen atoms in total.